The summed E-state index contributed by atoms with van der Waals surface area (Å²) in [4.78, 5) is 27.6. The van der Waals surface area contributed by atoms with Crippen molar-refractivity contribution in [2.24, 2.45) is 0 Å². The number of amides is 1. The lowest BCUT2D eigenvalue weighted by atomic mass is 10.1. The molecule has 0 unspecified atom stereocenters. The van der Waals surface area contributed by atoms with Crippen LogP contribution in [0.3, 0.4) is 0 Å². The van der Waals surface area contributed by atoms with Gasteiger partial charge < -0.3 is 9.73 Å². The summed E-state index contributed by atoms with van der Waals surface area (Å²) in [7, 11) is 0. The van der Waals surface area contributed by atoms with E-state index in [4.69, 9.17) is 4.42 Å². The van der Waals surface area contributed by atoms with Crippen LogP contribution in [-0.2, 0) is 6.54 Å². The molecule has 7 nitrogen and oxygen atoms in total. The summed E-state index contributed by atoms with van der Waals surface area (Å²) in [6.45, 7) is 3.66. The summed E-state index contributed by atoms with van der Waals surface area (Å²) < 4.78 is 5.36. The Morgan fingerprint density at radius 1 is 1.45 bits per heavy atom. The van der Waals surface area contributed by atoms with Gasteiger partial charge in [0, 0.05) is 11.0 Å². The van der Waals surface area contributed by atoms with Crippen molar-refractivity contribution < 1.29 is 14.1 Å². The summed E-state index contributed by atoms with van der Waals surface area (Å²) in [6.07, 6.45) is 1.83. The Bertz CT molecular complexity index is 707. The van der Waals surface area contributed by atoms with Gasteiger partial charge in [0.2, 0.25) is 5.89 Å². The molecule has 1 aromatic carbocycles. The van der Waals surface area contributed by atoms with E-state index in [2.05, 4.69) is 10.3 Å². The van der Waals surface area contributed by atoms with Gasteiger partial charge in [-0.05, 0) is 32.2 Å². The molecule has 0 saturated carbocycles. The molecule has 0 aliphatic carbocycles. The van der Waals surface area contributed by atoms with Crippen LogP contribution in [0.1, 0.15) is 27.7 Å². The molecule has 2 aromatic rings. The average Bonchev–Trinajstić information content (AvgIpc) is 2.82. The molecule has 22 heavy (non-hydrogen) atoms. The lowest BCUT2D eigenvalue weighted by molar-refractivity contribution is -0.385. The number of thioether (sulfide) groups is 1. The smallest absolute Gasteiger partial charge is 0.282 e. The number of nitro benzene ring substituents is 1. The van der Waals surface area contributed by atoms with Gasteiger partial charge in [0.25, 0.3) is 11.6 Å². The van der Waals surface area contributed by atoms with E-state index in [1.807, 2.05) is 6.26 Å². The van der Waals surface area contributed by atoms with Crippen molar-refractivity contribution >= 4 is 23.4 Å². The highest BCUT2D eigenvalue weighted by Gasteiger charge is 2.21. The predicted molar refractivity (Wildman–Crippen MR) is 82.0 cm³/mol. The number of rotatable bonds is 5. The van der Waals surface area contributed by atoms with Crippen molar-refractivity contribution in [2.75, 3.05) is 6.26 Å². The Kier molecular flexibility index (Phi) is 4.81. The molecule has 8 heteroatoms. The van der Waals surface area contributed by atoms with Crippen LogP contribution in [0.5, 0.6) is 0 Å². The fourth-order valence-corrected chi connectivity index (χ4v) is 2.29. The Balaban J connectivity index is 2.19. The van der Waals surface area contributed by atoms with Gasteiger partial charge in [-0.3, -0.25) is 14.9 Å². The lowest BCUT2D eigenvalue weighted by Crippen LogP contribution is -2.24. The fraction of sp³-hybridized carbons (Fsp3) is 0.286. The number of aryl methyl sites for hydroxylation is 2. The first-order valence-corrected chi connectivity index (χ1v) is 7.68. The summed E-state index contributed by atoms with van der Waals surface area (Å²) in [6, 6.07) is 4.45. The van der Waals surface area contributed by atoms with E-state index in [9.17, 15) is 14.9 Å². The Morgan fingerprint density at radius 2 is 2.18 bits per heavy atom. The zero-order valence-electron chi connectivity index (χ0n) is 12.4. The maximum absolute atomic E-state index is 12.2. The second-order valence-corrected chi connectivity index (χ2v) is 5.45. The first-order valence-electron chi connectivity index (χ1n) is 6.46. The summed E-state index contributed by atoms with van der Waals surface area (Å²) in [5, 5.41) is 13.6. The number of nitrogens with one attached hydrogen (secondary N) is 1. The van der Waals surface area contributed by atoms with Crippen LogP contribution in [0.4, 0.5) is 5.69 Å². The highest BCUT2D eigenvalue weighted by atomic mass is 32.2. The highest BCUT2D eigenvalue weighted by molar-refractivity contribution is 7.98. The first-order chi connectivity index (χ1) is 10.4. The minimum Gasteiger partial charge on any atom is -0.444 e. The zero-order chi connectivity index (χ0) is 16.3. The van der Waals surface area contributed by atoms with E-state index in [1.54, 1.807) is 19.9 Å². The summed E-state index contributed by atoms with van der Waals surface area (Å²) in [5.41, 5.74) is 0.548. The van der Waals surface area contributed by atoms with E-state index in [0.717, 1.165) is 10.6 Å². The molecule has 1 N–H and O–H groups in total. The molecule has 0 fully saturated rings. The number of carbonyl (C=O) groups excluding carboxylic acids is 1. The van der Waals surface area contributed by atoms with Gasteiger partial charge >= 0.3 is 0 Å². The Labute approximate surface area is 131 Å². The van der Waals surface area contributed by atoms with Crippen LogP contribution in [0, 0.1) is 24.0 Å². The minimum atomic E-state index is -0.571. The molecule has 0 atom stereocenters. The van der Waals surface area contributed by atoms with E-state index < -0.39 is 10.8 Å². The second-order valence-electron chi connectivity index (χ2n) is 4.57. The quantitative estimate of drug-likeness (QED) is 0.516. The molecule has 1 amide bonds. The van der Waals surface area contributed by atoms with Gasteiger partial charge in [0.1, 0.15) is 11.3 Å². The number of benzene rings is 1. The molecule has 0 radical (unpaired) electrons. The largest absolute Gasteiger partial charge is 0.444 e. The van der Waals surface area contributed by atoms with Gasteiger partial charge in [-0.1, -0.05) is 0 Å². The average molecular weight is 321 g/mol. The first kappa shape index (κ1) is 16.0. The summed E-state index contributed by atoms with van der Waals surface area (Å²) in [5.74, 6) is 0.516. The van der Waals surface area contributed by atoms with Gasteiger partial charge in [0.15, 0.2) is 0 Å². The minimum absolute atomic E-state index is 0.0249. The van der Waals surface area contributed by atoms with Crippen LogP contribution in [0.25, 0.3) is 0 Å². The van der Waals surface area contributed by atoms with Crippen molar-refractivity contribution in [3.05, 3.63) is 51.2 Å². The van der Waals surface area contributed by atoms with E-state index >= 15 is 0 Å². The molecule has 1 heterocycles. The Morgan fingerprint density at radius 3 is 2.73 bits per heavy atom. The SMILES string of the molecule is CSc1ccc([N+](=O)[O-])c(C(=O)NCc2nc(C)c(C)o2)c1. The maximum Gasteiger partial charge on any atom is 0.282 e. The van der Waals surface area contributed by atoms with Gasteiger partial charge in [-0.25, -0.2) is 4.98 Å². The third kappa shape index (κ3) is 3.45. The fourth-order valence-electron chi connectivity index (χ4n) is 1.85. The van der Waals surface area contributed by atoms with Crippen molar-refractivity contribution in [1.82, 2.24) is 10.3 Å². The molecule has 2 rings (SSSR count). The number of nitro groups is 1. The molecule has 0 spiro atoms. The van der Waals surface area contributed by atoms with E-state index in [1.165, 1.54) is 23.9 Å². The number of nitrogens with zero attached hydrogens (tertiary/aromatic N) is 2. The van der Waals surface area contributed by atoms with E-state index in [-0.39, 0.29) is 17.8 Å². The molecule has 0 aliphatic heterocycles. The molecule has 0 saturated heterocycles. The van der Waals surface area contributed by atoms with Crippen LogP contribution < -0.4 is 5.32 Å². The number of aromatic nitrogens is 1. The topological polar surface area (TPSA) is 98.3 Å². The summed E-state index contributed by atoms with van der Waals surface area (Å²) >= 11 is 1.41. The molecule has 0 bridgehead atoms. The molecule has 1 aromatic heterocycles. The van der Waals surface area contributed by atoms with Crippen LogP contribution in [0.15, 0.2) is 27.5 Å². The third-order valence-electron chi connectivity index (χ3n) is 3.12. The van der Waals surface area contributed by atoms with Crippen molar-refractivity contribution in [3.63, 3.8) is 0 Å². The number of hydrogen-bond donors (Lipinski definition) is 1. The number of hydrogen-bond acceptors (Lipinski definition) is 6. The molecular formula is C14H15N3O4S. The monoisotopic (exact) mass is 321 g/mol. The van der Waals surface area contributed by atoms with Gasteiger partial charge in [-0.2, -0.15) is 0 Å². The molecular weight excluding hydrogens is 306 g/mol. The molecule has 116 valence electrons. The van der Waals surface area contributed by atoms with Crippen molar-refractivity contribution in [1.29, 1.82) is 0 Å². The zero-order valence-corrected chi connectivity index (χ0v) is 13.2. The number of carbonyl (C=O) groups is 1. The number of oxazole rings is 1. The van der Waals surface area contributed by atoms with Crippen LogP contribution in [0.2, 0.25) is 0 Å². The van der Waals surface area contributed by atoms with Gasteiger partial charge in [0.05, 0.1) is 17.2 Å². The highest BCUT2D eigenvalue weighted by Crippen LogP contribution is 2.24. The van der Waals surface area contributed by atoms with Crippen molar-refractivity contribution in [3.8, 4) is 0 Å². The predicted octanol–water partition coefficient (Wildman–Crippen LogP) is 2.85. The maximum atomic E-state index is 12.2. The Hall–Kier alpha value is -2.35. The lowest BCUT2D eigenvalue weighted by Gasteiger charge is -2.05. The standard InChI is InChI=1S/C14H15N3O4S/c1-8-9(2)21-13(16-8)7-15-14(18)11-6-10(22-3)4-5-12(11)17(19)20/h4-6H,7H2,1-3H3,(H,15,18). The van der Waals surface area contributed by atoms with Crippen molar-refractivity contribution in [2.45, 2.75) is 25.3 Å². The molecule has 0 aliphatic rings. The van der Waals surface area contributed by atoms with E-state index in [0.29, 0.717) is 11.7 Å². The van der Waals surface area contributed by atoms with Crippen LogP contribution >= 0.6 is 11.8 Å². The normalized spacial score (nSPS) is 10.5. The third-order valence-corrected chi connectivity index (χ3v) is 3.84. The second kappa shape index (κ2) is 6.61. The van der Waals surface area contributed by atoms with Gasteiger partial charge in [-0.15, -0.1) is 11.8 Å². The van der Waals surface area contributed by atoms with Crippen LogP contribution in [-0.4, -0.2) is 22.1 Å².